The second kappa shape index (κ2) is 6.84. The number of methoxy groups -OCH3 is 1. The van der Waals surface area contributed by atoms with Crippen LogP contribution in [0.4, 0.5) is 5.69 Å². The lowest BCUT2D eigenvalue weighted by molar-refractivity contribution is 0.0600. The second-order valence-electron chi connectivity index (χ2n) is 5.96. The average Bonchev–Trinajstić information content (AvgIpc) is 2.62. The lowest BCUT2D eigenvalue weighted by Crippen LogP contribution is -2.15. The van der Waals surface area contributed by atoms with Gasteiger partial charge in [0, 0.05) is 11.8 Å². The highest BCUT2D eigenvalue weighted by atomic mass is 16.5. The first-order valence-electron chi connectivity index (χ1n) is 7.94. The van der Waals surface area contributed by atoms with Crippen molar-refractivity contribution in [1.82, 2.24) is 0 Å². The normalized spacial score (nSPS) is 10.6. The molecule has 0 radical (unpaired) electrons. The third-order valence-electron chi connectivity index (χ3n) is 3.95. The third kappa shape index (κ3) is 3.35. The molecule has 26 heavy (non-hydrogen) atoms. The van der Waals surface area contributed by atoms with Crippen molar-refractivity contribution < 1.29 is 18.7 Å². The molecule has 132 valence electrons. The topological polar surface area (TPSA) is 85.6 Å². The molecule has 1 heterocycles. The average molecular weight is 351 g/mol. The van der Waals surface area contributed by atoms with Gasteiger partial charge in [-0.05, 0) is 55.3 Å². The van der Waals surface area contributed by atoms with Gasteiger partial charge < -0.3 is 14.5 Å². The molecule has 1 N–H and O–H groups in total. The maximum Gasteiger partial charge on any atom is 0.337 e. The van der Waals surface area contributed by atoms with Crippen LogP contribution in [0.5, 0.6) is 0 Å². The Labute approximate surface area is 149 Å². The molecule has 6 nitrogen and oxygen atoms in total. The van der Waals surface area contributed by atoms with E-state index in [9.17, 15) is 14.4 Å². The van der Waals surface area contributed by atoms with Crippen molar-refractivity contribution in [2.24, 2.45) is 0 Å². The van der Waals surface area contributed by atoms with Crippen LogP contribution in [0, 0.1) is 13.8 Å². The maximum atomic E-state index is 12.4. The van der Waals surface area contributed by atoms with Gasteiger partial charge in [0.15, 0.2) is 11.2 Å². The molecule has 0 aliphatic heterocycles. The zero-order chi connectivity index (χ0) is 18.8. The highest BCUT2D eigenvalue weighted by Crippen LogP contribution is 2.20. The molecule has 1 aromatic heterocycles. The summed E-state index contributed by atoms with van der Waals surface area (Å²) in [5.41, 5.74) is 2.69. The molecule has 1 amide bonds. The fourth-order valence-electron chi connectivity index (χ4n) is 2.72. The number of amides is 1. The van der Waals surface area contributed by atoms with Crippen molar-refractivity contribution in [3.63, 3.8) is 0 Å². The summed E-state index contributed by atoms with van der Waals surface area (Å²) in [6.07, 6.45) is 0. The van der Waals surface area contributed by atoms with Gasteiger partial charge in [0.25, 0.3) is 5.91 Å². The number of anilines is 1. The number of carbonyl (C=O) groups is 2. The Morgan fingerprint density at radius 3 is 2.38 bits per heavy atom. The maximum absolute atomic E-state index is 12.4. The zero-order valence-electron chi connectivity index (χ0n) is 14.6. The van der Waals surface area contributed by atoms with Crippen LogP contribution < -0.4 is 10.7 Å². The first-order chi connectivity index (χ1) is 12.4. The number of rotatable bonds is 3. The largest absolute Gasteiger partial charge is 0.465 e. The number of ether oxygens (including phenoxy) is 1. The standard InChI is InChI=1S/C20H17NO5/c1-11-8-12(2)18-15(9-11)16(22)10-17(26-18)19(23)21-14-6-4-13(5-7-14)20(24)25-3/h4-10H,1-3H3,(H,21,23). The number of nitrogens with one attached hydrogen (secondary N) is 1. The van der Waals surface area contributed by atoms with Crippen molar-refractivity contribution in [3.05, 3.63) is 75.1 Å². The summed E-state index contributed by atoms with van der Waals surface area (Å²) in [5.74, 6) is -1.09. The summed E-state index contributed by atoms with van der Waals surface area (Å²) in [7, 11) is 1.29. The molecule has 0 saturated heterocycles. The van der Waals surface area contributed by atoms with E-state index in [0.717, 1.165) is 11.1 Å². The Bertz CT molecular complexity index is 1060. The fourth-order valence-corrected chi connectivity index (χ4v) is 2.72. The number of benzene rings is 2. The molecule has 0 atom stereocenters. The van der Waals surface area contributed by atoms with E-state index in [-0.39, 0.29) is 11.2 Å². The van der Waals surface area contributed by atoms with E-state index < -0.39 is 11.9 Å². The molecular formula is C20H17NO5. The summed E-state index contributed by atoms with van der Waals surface area (Å²) < 4.78 is 10.3. The van der Waals surface area contributed by atoms with E-state index in [4.69, 9.17) is 4.42 Å². The van der Waals surface area contributed by atoms with Gasteiger partial charge in [-0.1, -0.05) is 6.07 Å². The Kier molecular flexibility index (Phi) is 4.58. The number of carbonyl (C=O) groups excluding carboxylic acids is 2. The number of hydrogen-bond acceptors (Lipinski definition) is 5. The minimum absolute atomic E-state index is 0.0773. The highest BCUT2D eigenvalue weighted by molar-refractivity contribution is 6.03. The van der Waals surface area contributed by atoms with Gasteiger partial charge in [-0.25, -0.2) is 4.79 Å². The van der Waals surface area contributed by atoms with Crippen molar-refractivity contribution in [1.29, 1.82) is 0 Å². The molecule has 0 saturated carbocycles. The van der Waals surface area contributed by atoms with Crippen molar-refractivity contribution >= 4 is 28.5 Å². The Morgan fingerprint density at radius 1 is 1.04 bits per heavy atom. The first kappa shape index (κ1) is 17.4. The van der Waals surface area contributed by atoms with Gasteiger partial charge in [0.05, 0.1) is 18.1 Å². The van der Waals surface area contributed by atoms with E-state index in [2.05, 4.69) is 10.1 Å². The molecule has 0 aliphatic carbocycles. The summed E-state index contributed by atoms with van der Waals surface area (Å²) in [5, 5.41) is 3.09. The highest BCUT2D eigenvalue weighted by Gasteiger charge is 2.14. The van der Waals surface area contributed by atoms with Crippen LogP contribution >= 0.6 is 0 Å². The Morgan fingerprint density at radius 2 is 1.73 bits per heavy atom. The molecular weight excluding hydrogens is 334 g/mol. The smallest absolute Gasteiger partial charge is 0.337 e. The van der Waals surface area contributed by atoms with Crippen LogP contribution in [0.3, 0.4) is 0 Å². The predicted octanol–water partition coefficient (Wildman–Crippen LogP) is 3.45. The minimum Gasteiger partial charge on any atom is -0.465 e. The van der Waals surface area contributed by atoms with Crippen LogP contribution in [0.15, 0.2) is 51.7 Å². The third-order valence-corrected chi connectivity index (χ3v) is 3.95. The van der Waals surface area contributed by atoms with Gasteiger partial charge in [0.2, 0.25) is 0 Å². The van der Waals surface area contributed by atoms with Gasteiger partial charge in [-0.15, -0.1) is 0 Å². The Balaban J connectivity index is 1.90. The van der Waals surface area contributed by atoms with Gasteiger partial charge in [-0.3, -0.25) is 9.59 Å². The fraction of sp³-hybridized carbons (Fsp3) is 0.150. The van der Waals surface area contributed by atoms with Crippen molar-refractivity contribution in [2.75, 3.05) is 12.4 Å². The van der Waals surface area contributed by atoms with E-state index in [1.807, 2.05) is 19.9 Å². The molecule has 0 spiro atoms. The van der Waals surface area contributed by atoms with Crippen LogP contribution in [0.25, 0.3) is 11.0 Å². The second-order valence-corrected chi connectivity index (χ2v) is 5.96. The van der Waals surface area contributed by atoms with E-state index >= 15 is 0 Å². The molecule has 3 aromatic rings. The van der Waals surface area contributed by atoms with Gasteiger partial charge >= 0.3 is 5.97 Å². The van der Waals surface area contributed by atoms with Crippen LogP contribution in [-0.2, 0) is 4.74 Å². The lowest BCUT2D eigenvalue weighted by atomic mass is 10.1. The molecule has 0 aliphatic rings. The van der Waals surface area contributed by atoms with Gasteiger partial charge in [-0.2, -0.15) is 0 Å². The molecule has 3 rings (SSSR count). The van der Waals surface area contributed by atoms with Crippen LogP contribution in [-0.4, -0.2) is 19.0 Å². The number of fused-ring (bicyclic) bond motifs is 1. The van der Waals surface area contributed by atoms with Gasteiger partial charge in [0.1, 0.15) is 5.58 Å². The quantitative estimate of drug-likeness (QED) is 0.731. The van der Waals surface area contributed by atoms with Crippen LogP contribution in [0.2, 0.25) is 0 Å². The molecule has 0 bridgehead atoms. The predicted molar refractivity (Wildman–Crippen MR) is 97.7 cm³/mol. The Hall–Kier alpha value is -3.41. The van der Waals surface area contributed by atoms with Crippen LogP contribution in [0.1, 0.15) is 32.0 Å². The molecule has 0 fully saturated rings. The SMILES string of the molecule is COC(=O)c1ccc(NC(=O)c2cc(=O)c3cc(C)cc(C)c3o2)cc1. The van der Waals surface area contributed by atoms with E-state index in [1.54, 1.807) is 18.2 Å². The zero-order valence-corrected chi connectivity index (χ0v) is 14.6. The first-order valence-corrected chi connectivity index (χ1v) is 7.94. The summed E-state index contributed by atoms with van der Waals surface area (Å²) in [6, 6.07) is 11.0. The van der Waals surface area contributed by atoms with E-state index in [1.165, 1.54) is 25.3 Å². The molecule has 6 heteroatoms. The number of esters is 1. The van der Waals surface area contributed by atoms with Crippen molar-refractivity contribution in [2.45, 2.75) is 13.8 Å². The molecule has 0 unspecified atom stereocenters. The van der Waals surface area contributed by atoms with E-state index in [0.29, 0.717) is 22.2 Å². The lowest BCUT2D eigenvalue weighted by Gasteiger charge is -2.08. The number of aryl methyl sites for hydroxylation is 2. The summed E-state index contributed by atoms with van der Waals surface area (Å²) in [6.45, 7) is 3.72. The van der Waals surface area contributed by atoms with Crippen molar-refractivity contribution in [3.8, 4) is 0 Å². The monoisotopic (exact) mass is 351 g/mol. The number of hydrogen-bond donors (Lipinski definition) is 1. The minimum atomic E-state index is -0.546. The summed E-state index contributed by atoms with van der Waals surface area (Å²) >= 11 is 0. The molecule has 2 aromatic carbocycles. The summed E-state index contributed by atoms with van der Waals surface area (Å²) in [4.78, 5) is 36.2.